The standard InChI is InChI=1S/C25H28GeNS.C22H19N2S.Ir/c1-25(2,3)15-18-14-22(27-16-21(18)26(4,5)6)17-11-12-24-20(13-17)19-9-7-8-10-23(19)28-24;1-13-7-9-17(19-11-15-5-3-4-6-16(15)12-23-19)21-20(13)18-10-8-14(2)24-22(18)25-21;/h7-10,12-14,16H,15H2,1-6H3;7-8,10-12H,3-6H2,1-2H3;/q2*-1;/i15D2;1D3,2D3,5D2,6D2;. The van der Waals surface area contributed by atoms with Crippen molar-refractivity contribution in [1.82, 2.24) is 15.0 Å². The van der Waals surface area contributed by atoms with E-state index in [-0.39, 0.29) is 55.3 Å². The van der Waals surface area contributed by atoms with Gasteiger partial charge in [-0.25, -0.2) is 4.98 Å². The fraction of sp³-hybridized carbons (Fsp3) is 0.298. The predicted molar refractivity (Wildman–Crippen MR) is 233 cm³/mol. The number of aryl methyl sites for hydroxylation is 4. The molecule has 0 saturated heterocycles. The van der Waals surface area contributed by atoms with Crippen molar-refractivity contribution in [3.8, 4) is 22.5 Å². The normalized spacial score (nSPS) is 19.1. The molecule has 5 heterocycles. The van der Waals surface area contributed by atoms with Gasteiger partial charge >= 0.3 is 178 Å². The van der Waals surface area contributed by atoms with Gasteiger partial charge in [-0.2, -0.15) is 11.3 Å². The van der Waals surface area contributed by atoms with Crippen molar-refractivity contribution in [3.63, 3.8) is 0 Å². The number of pyridine rings is 3. The summed E-state index contributed by atoms with van der Waals surface area (Å²) in [4.78, 5) is 13.9. The van der Waals surface area contributed by atoms with Gasteiger partial charge in [-0.3, -0.25) is 0 Å². The molecule has 0 aliphatic heterocycles. The molecular formula is C47H47GeIrN3S2-2. The molecule has 7 heteroatoms. The molecule has 54 heavy (non-hydrogen) atoms. The molecule has 277 valence electrons. The minimum atomic E-state index is -2.46. The Balaban J connectivity index is 0.000000196. The summed E-state index contributed by atoms with van der Waals surface area (Å²) in [5.74, 6) is 6.90. The second-order valence-corrected chi connectivity index (χ2v) is 28.0. The minimum Gasteiger partial charge on any atom is 0 e. The molecule has 1 aliphatic rings. The molecule has 8 aromatic rings. The Kier molecular flexibility index (Phi) is 7.55. The SMILES string of the molecule is [2H]C([2H])([2H])c1ccc2c(n1)sc1c(-c3cc4c(cn3)C([2H])([2H])CCC4([2H])[2H])[c-]cc(C([2H])([2H])[2H])c12.[2H]C([2H])(c1cc(-c2[c-]cc3sc4ccccc4c3c2)nc[c]1[Ge]([CH3])([CH3])[CH3])C(C)(C)C.[Ir]. The number of benzene rings is 3. The maximum absolute atomic E-state index is 8.97. The van der Waals surface area contributed by atoms with Crippen molar-refractivity contribution >= 4 is 80.8 Å². The van der Waals surface area contributed by atoms with Crippen LogP contribution in [0.4, 0.5) is 0 Å². The first-order chi connectivity index (χ1) is 30.0. The summed E-state index contributed by atoms with van der Waals surface area (Å²) in [6.07, 6.45) is -1.53. The maximum Gasteiger partial charge on any atom is 0 e. The third kappa shape index (κ3) is 7.88. The zero-order chi connectivity index (χ0) is 47.4. The largest absolute Gasteiger partial charge is 0 e. The third-order valence-corrected chi connectivity index (χ3v) is 15.6. The van der Waals surface area contributed by atoms with Gasteiger partial charge in [0.25, 0.3) is 0 Å². The van der Waals surface area contributed by atoms with E-state index in [4.69, 9.17) is 21.4 Å². The van der Waals surface area contributed by atoms with Crippen molar-refractivity contribution in [2.45, 2.75) is 83.7 Å². The van der Waals surface area contributed by atoms with E-state index >= 15 is 0 Å². The molecule has 3 nitrogen and oxygen atoms in total. The smallest absolute Gasteiger partial charge is 0 e. The van der Waals surface area contributed by atoms with Crippen molar-refractivity contribution in [3.05, 3.63) is 119 Å². The van der Waals surface area contributed by atoms with Crippen LogP contribution in [0.25, 0.3) is 63.0 Å². The van der Waals surface area contributed by atoms with Gasteiger partial charge in [-0.15, -0.1) is 23.3 Å². The molecular weight excluding hydrogens is 935 g/mol. The Labute approximate surface area is 361 Å². The molecule has 5 aromatic heterocycles. The van der Waals surface area contributed by atoms with Crippen LogP contribution in [0.3, 0.4) is 0 Å². The zero-order valence-corrected chi connectivity index (χ0v) is 37.0. The van der Waals surface area contributed by atoms with Crippen molar-refractivity contribution in [2.75, 3.05) is 0 Å². The van der Waals surface area contributed by atoms with Gasteiger partial charge in [-0.1, -0.05) is 29.9 Å². The summed E-state index contributed by atoms with van der Waals surface area (Å²) in [5, 5.41) is 3.37. The number of nitrogens with zero attached hydrogens (tertiary/aromatic N) is 3. The quantitative estimate of drug-likeness (QED) is 0.130. The average molecular weight is 995 g/mol. The van der Waals surface area contributed by atoms with E-state index in [1.165, 1.54) is 44.6 Å². The first-order valence-electron chi connectivity index (χ1n) is 23.6. The molecule has 9 rings (SSSR count). The summed E-state index contributed by atoms with van der Waals surface area (Å²) in [6.45, 7) is 1.05. The third-order valence-electron chi connectivity index (χ3n) is 9.14. The molecule has 1 radical (unpaired) electrons. The number of hydrogen-bond acceptors (Lipinski definition) is 5. The summed E-state index contributed by atoms with van der Waals surface area (Å²) in [5.41, 5.74) is 3.14. The van der Waals surface area contributed by atoms with Crippen molar-refractivity contribution in [1.29, 1.82) is 0 Å². The molecule has 0 N–H and O–H groups in total. The van der Waals surface area contributed by atoms with E-state index in [9.17, 15) is 0 Å². The molecule has 0 unspecified atom stereocenters. The molecule has 0 saturated carbocycles. The monoisotopic (exact) mass is 996 g/mol. The van der Waals surface area contributed by atoms with Gasteiger partial charge in [0, 0.05) is 51.1 Å². The summed E-state index contributed by atoms with van der Waals surface area (Å²) >= 11 is 0.588. The van der Waals surface area contributed by atoms with Crippen LogP contribution in [0.15, 0.2) is 79.1 Å². The molecule has 0 fully saturated rings. The Hall–Kier alpha value is -3.26. The van der Waals surface area contributed by atoms with Crippen LogP contribution in [-0.2, 0) is 39.2 Å². The second kappa shape index (κ2) is 15.4. The molecule has 0 amide bonds. The Bertz CT molecular complexity index is 3160. The Morgan fingerprint density at radius 3 is 2.41 bits per heavy atom. The molecule has 3 aromatic carbocycles. The van der Waals surface area contributed by atoms with Crippen LogP contribution in [0, 0.1) is 31.3 Å². The van der Waals surface area contributed by atoms with E-state index in [0.29, 0.717) is 31.6 Å². The van der Waals surface area contributed by atoms with Gasteiger partial charge in [0.15, 0.2) is 0 Å². The van der Waals surface area contributed by atoms with Gasteiger partial charge in [-0.05, 0) is 54.5 Å². The Morgan fingerprint density at radius 1 is 0.833 bits per heavy atom. The predicted octanol–water partition coefficient (Wildman–Crippen LogP) is 12.9. The molecule has 1 aliphatic carbocycles. The average Bonchev–Trinajstić information content (AvgIpc) is 3.79. The van der Waals surface area contributed by atoms with E-state index in [1.54, 1.807) is 17.4 Å². The Morgan fingerprint density at radius 2 is 1.63 bits per heavy atom. The van der Waals surface area contributed by atoms with Crippen LogP contribution in [0.2, 0.25) is 17.3 Å². The second-order valence-electron chi connectivity index (χ2n) is 15.4. The van der Waals surface area contributed by atoms with Gasteiger partial charge < -0.3 is 4.98 Å². The fourth-order valence-corrected chi connectivity index (χ4v) is 11.9. The van der Waals surface area contributed by atoms with E-state index in [0.717, 1.165) is 32.6 Å². The van der Waals surface area contributed by atoms with Crippen molar-refractivity contribution < 1.29 is 36.6 Å². The first-order valence-corrected chi connectivity index (χ1v) is 26.6. The summed E-state index contributed by atoms with van der Waals surface area (Å²) < 4.78 is 102. The van der Waals surface area contributed by atoms with Crippen molar-refractivity contribution in [2.24, 2.45) is 5.41 Å². The van der Waals surface area contributed by atoms with Gasteiger partial charge in [0.05, 0.1) is 0 Å². The first kappa shape index (κ1) is 26.6. The van der Waals surface area contributed by atoms with E-state index < -0.39 is 51.5 Å². The number of hydrogen-bond donors (Lipinski definition) is 0. The minimum absolute atomic E-state index is 0. The maximum atomic E-state index is 8.97. The zero-order valence-electron chi connectivity index (χ0n) is 42.9. The van der Waals surface area contributed by atoms with E-state index in [1.807, 2.05) is 39.1 Å². The van der Waals surface area contributed by atoms with Crippen LogP contribution >= 0.6 is 22.7 Å². The number of rotatable bonds is 4. The van der Waals surface area contributed by atoms with Gasteiger partial charge in [0.1, 0.15) is 4.83 Å². The summed E-state index contributed by atoms with van der Waals surface area (Å²) in [7, 11) is 0. The van der Waals surface area contributed by atoms with Gasteiger partial charge in [0.2, 0.25) is 0 Å². The molecule has 0 bridgehead atoms. The molecule has 0 spiro atoms. The summed E-state index contributed by atoms with van der Waals surface area (Å²) in [6, 6.07) is 26.9. The number of fused-ring (bicyclic) bond motifs is 7. The van der Waals surface area contributed by atoms with Crippen LogP contribution in [0.1, 0.15) is 78.0 Å². The van der Waals surface area contributed by atoms with Crippen LogP contribution in [-0.4, -0.2) is 28.2 Å². The van der Waals surface area contributed by atoms with E-state index in [2.05, 4.69) is 69.7 Å². The number of aromatic nitrogens is 3. The van der Waals surface area contributed by atoms with Crippen LogP contribution in [0.5, 0.6) is 0 Å². The fourth-order valence-electron chi connectivity index (χ4n) is 6.69. The number of thiophene rings is 2. The topological polar surface area (TPSA) is 38.7 Å². The molecule has 0 atom stereocenters. The van der Waals surface area contributed by atoms with Crippen LogP contribution < -0.4 is 4.40 Å².